The summed E-state index contributed by atoms with van der Waals surface area (Å²) in [6.07, 6.45) is 1.89. The van der Waals surface area contributed by atoms with E-state index in [9.17, 15) is 4.79 Å². The van der Waals surface area contributed by atoms with Crippen molar-refractivity contribution in [2.75, 3.05) is 0 Å². The minimum absolute atomic E-state index is 0.150. The van der Waals surface area contributed by atoms with Crippen molar-refractivity contribution >= 4 is 6.09 Å². The first-order valence-electron chi connectivity index (χ1n) is 4.85. The van der Waals surface area contributed by atoms with Gasteiger partial charge < -0.3 is 10.1 Å². The fraction of sp³-hybridized carbons (Fsp3) is 0.900. The van der Waals surface area contributed by atoms with Crippen molar-refractivity contribution in [1.29, 1.82) is 0 Å². The van der Waals surface area contributed by atoms with Crippen LogP contribution in [0.2, 0.25) is 0 Å². The first-order valence-corrected chi connectivity index (χ1v) is 4.85. The minimum Gasteiger partial charge on any atom is -0.446 e. The third-order valence-electron chi connectivity index (χ3n) is 2.08. The van der Waals surface area contributed by atoms with E-state index < -0.39 is 0 Å². The Hall–Kier alpha value is -0.730. The largest absolute Gasteiger partial charge is 0.446 e. The topological polar surface area (TPSA) is 38.3 Å². The number of carbonyl (C=O) groups excluding carboxylic acids is 1. The van der Waals surface area contributed by atoms with Crippen LogP contribution in [0, 0.1) is 5.92 Å². The fourth-order valence-electron chi connectivity index (χ4n) is 1.41. The molecule has 0 unspecified atom stereocenters. The highest BCUT2D eigenvalue weighted by Crippen LogP contribution is 2.29. The van der Waals surface area contributed by atoms with E-state index in [0.29, 0.717) is 5.92 Å². The molecule has 13 heavy (non-hydrogen) atoms. The number of hydrogen-bond donors (Lipinski definition) is 1. The summed E-state index contributed by atoms with van der Waals surface area (Å²) in [7, 11) is 0. The van der Waals surface area contributed by atoms with Crippen molar-refractivity contribution in [3.8, 4) is 0 Å². The molecule has 3 heteroatoms. The van der Waals surface area contributed by atoms with Crippen LogP contribution in [-0.4, -0.2) is 17.7 Å². The van der Waals surface area contributed by atoms with E-state index in [1.54, 1.807) is 0 Å². The molecule has 1 amide bonds. The van der Waals surface area contributed by atoms with Crippen molar-refractivity contribution in [2.24, 2.45) is 5.92 Å². The Morgan fingerprint density at radius 3 is 2.31 bits per heavy atom. The molecular weight excluding hydrogens is 166 g/mol. The number of ether oxygens (including phenoxy) is 1. The van der Waals surface area contributed by atoms with E-state index in [1.165, 1.54) is 0 Å². The molecule has 1 fully saturated rings. The Labute approximate surface area is 79.8 Å². The van der Waals surface area contributed by atoms with Crippen LogP contribution in [0.25, 0.3) is 0 Å². The molecule has 1 aliphatic carbocycles. The maximum atomic E-state index is 11.2. The lowest BCUT2D eigenvalue weighted by Crippen LogP contribution is -2.44. The van der Waals surface area contributed by atoms with Crippen molar-refractivity contribution in [2.45, 2.75) is 52.2 Å². The van der Waals surface area contributed by atoms with Gasteiger partial charge in [0.25, 0.3) is 0 Å². The number of rotatable bonds is 1. The molecule has 0 atom stereocenters. The van der Waals surface area contributed by atoms with Gasteiger partial charge in [-0.3, -0.25) is 0 Å². The number of alkyl carbamates (subject to hydrolysis) is 1. The van der Waals surface area contributed by atoms with E-state index >= 15 is 0 Å². The standard InChI is InChI=1S/C10H19NO2/c1-7-5-8(6-7)13-9(12)11-10(2,3)4/h7-8H,5-6H2,1-4H3,(H,11,12). The fourth-order valence-corrected chi connectivity index (χ4v) is 1.41. The van der Waals surface area contributed by atoms with Gasteiger partial charge in [0.1, 0.15) is 6.10 Å². The zero-order chi connectivity index (χ0) is 10.1. The molecule has 1 saturated carbocycles. The summed E-state index contributed by atoms with van der Waals surface area (Å²) < 4.78 is 5.18. The maximum Gasteiger partial charge on any atom is 0.407 e. The molecule has 0 spiro atoms. The second-order valence-electron chi connectivity index (χ2n) is 4.98. The summed E-state index contributed by atoms with van der Waals surface area (Å²) in [5.74, 6) is 0.715. The number of hydrogen-bond acceptors (Lipinski definition) is 2. The molecule has 0 heterocycles. The smallest absolute Gasteiger partial charge is 0.407 e. The first kappa shape index (κ1) is 10.4. The van der Waals surface area contributed by atoms with E-state index in [1.807, 2.05) is 20.8 Å². The van der Waals surface area contributed by atoms with Crippen LogP contribution in [0.15, 0.2) is 0 Å². The predicted molar refractivity (Wildman–Crippen MR) is 51.6 cm³/mol. The minimum atomic E-state index is -0.288. The van der Waals surface area contributed by atoms with Crippen LogP contribution < -0.4 is 5.32 Å². The first-order chi connectivity index (χ1) is 5.87. The zero-order valence-electron chi connectivity index (χ0n) is 8.89. The van der Waals surface area contributed by atoms with Crippen LogP contribution in [0.1, 0.15) is 40.5 Å². The molecule has 1 rings (SSSR count). The normalized spacial score (nSPS) is 27.7. The summed E-state index contributed by atoms with van der Waals surface area (Å²) in [6, 6.07) is 0. The van der Waals surface area contributed by atoms with E-state index in [-0.39, 0.29) is 17.7 Å². The summed E-state index contributed by atoms with van der Waals surface area (Å²) in [4.78, 5) is 11.2. The van der Waals surface area contributed by atoms with Crippen molar-refractivity contribution in [3.05, 3.63) is 0 Å². The Morgan fingerprint density at radius 1 is 1.38 bits per heavy atom. The lowest BCUT2D eigenvalue weighted by Gasteiger charge is -2.33. The van der Waals surface area contributed by atoms with E-state index in [2.05, 4.69) is 12.2 Å². The van der Waals surface area contributed by atoms with Crippen molar-refractivity contribution in [3.63, 3.8) is 0 Å². The molecule has 0 saturated heterocycles. The average Bonchev–Trinajstić information content (AvgIpc) is 1.79. The monoisotopic (exact) mass is 185 g/mol. The second-order valence-corrected chi connectivity index (χ2v) is 4.98. The second kappa shape index (κ2) is 3.56. The molecular formula is C10H19NO2. The summed E-state index contributed by atoms with van der Waals surface area (Å²) in [5, 5.41) is 2.77. The van der Waals surface area contributed by atoms with Gasteiger partial charge >= 0.3 is 6.09 Å². The van der Waals surface area contributed by atoms with Gasteiger partial charge in [-0.2, -0.15) is 0 Å². The molecule has 0 aromatic carbocycles. The van der Waals surface area contributed by atoms with Gasteiger partial charge in [-0.05, 0) is 39.5 Å². The molecule has 3 nitrogen and oxygen atoms in total. The third kappa shape index (κ3) is 3.66. The SMILES string of the molecule is CC1CC(OC(=O)NC(C)(C)C)C1. The van der Waals surface area contributed by atoms with Crippen LogP contribution in [-0.2, 0) is 4.74 Å². The molecule has 1 aliphatic rings. The molecule has 0 aromatic heterocycles. The molecule has 76 valence electrons. The van der Waals surface area contributed by atoms with Gasteiger partial charge in [-0.1, -0.05) is 6.92 Å². The van der Waals surface area contributed by atoms with E-state index in [0.717, 1.165) is 12.8 Å². The predicted octanol–water partition coefficient (Wildman–Crippen LogP) is 2.31. The number of amides is 1. The Morgan fingerprint density at radius 2 is 1.92 bits per heavy atom. The highest BCUT2D eigenvalue weighted by Gasteiger charge is 2.29. The van der Waals surface area contributed by atoms with Crippen LogP contribution in [0.3, 0.4) is 0 Å². The molecule has 0 radical (unpaired) electrons. The summed E-state index contributed by atoms with van der Waals surface area (Å²) in [5.41, 5.74) is -0.202. The van der Waals surface area contributed by atoms with Crippen molar-refractivity contribution in [1.82, 2.24) is 5.32 Å². The molecule has 1 N–H and O–H groups in total. The highest BCUT2D eigenvalue weighted by atomic mass is 16.6. The summed E-state index contributed by atoms with van der Waals surface area (Å²) >= 11 is 0. The Kier molecular flexibility index (Phi) is 2.84. The summed E-state index contributed by atoms with van der Waals surface area (Å²) in [6.45, 7) is 7.99. The molecule has 0 aromatic rings. The van der Waals surface area contributed by atoms with Crippen molar-refractivity contribution < 1.29 is 9.53 Å². The number of carbonyl (C=O) groups is 1. The van der Waals surface area contributed by atoms with Gasteiger partial charge in [0, 0.05) is 5.54 Å². The molecule has 0 aliphatic heterocycles. The Bertz CT molecular complexity index is 190. The number of nitrogens with one attached hydrogen (secondary N) is 1. The van der Waals surface area contributed by atoms with Crippen LogP contribution >= 0.6 is 0 Å². The van der Waals surface area contributed by atoms with E-state index in [4.69, 9.17) is 4.74 Å². The average molecular weight is 185 g/mol. The van der Waals surface area contributed by atoms with Gasteiger partial charge in [0.05, 0.1) is 0 Å². The lowest BCUT2D eigenvalue weighted by atomic mass is 9.84. The quantitative estimate of drug-likeness (QED) is 0.680. The Balaban J connectivity index is 2.19. The van der Waals surface area contributed by atoms with Crippen LogP contribution in [0.4, 0.5) is 4.79 Å². The van der Waals surface area contributed by atoms with Gasteiger partial charge in [0.2, 0.25) is 0 Å². The zero-order valence-corrected chi connectivity index (χ0v) is 8.89. The lowest BCUT2D eigenvalue weighted by molar-refractivity contribution is 0.0202. The molecule has 0 bridgehead atoms. The van der Waals surface area contributed by atoms with Gasteiger partial charge in [0.15, 0.2) is 0 Å². The third-order valence-corrected chi connectivity index (χ3v) is 2.08. The van der Waals surface area contributed by atoms with Gasteiger partial charge in [-0.15, -0.1) is 0 Å². The van der Waals surface area contributed by atoms with Crippen LogP contribution in [0.5, 0.6) is 0 Å². The highest BCUT2D eigenvalue weighted by molar-refractivity contribution is 5.68. The van der Waals surface area contributed by atoms with Gasteiger partial charge in [-0.25, -0.2) is 4.79 Å². The maximum absolute atomic E-state index is 11.2.